The quantitative estimate of drug-likeness (QED) is 0.860. The largest absolute Gasteiger partial charge is 0.481 e. The first-order valence-electron chi connectivity index (χ1n) is 6.48. The average Bonchev–Trinajstić information content (AvgIpc) is 2.68. The number of nitrogens with two attached hydrogens (primary N) is 1. The van der Waals surface area contributed by atoms with E-state index in [1.807, 2.05) is 6.92 Å². The van der Waals surface area contributed by atoms with Crippen molar-refractivity contribution < 1.29 is 9.53 Å². The van der Waals surface area contributed by atoms with Crippen LogP contribution < -0.4 is 15.4 Å². The van der Waals surface area contributed by atoms with Crippen LogP contribution in [0.25, 0.3) is 0 Å². The van der Waals surface area contributed by atoms with Gasteiger partial charge in [0.05, 0.1) is 17.9 Å². The van der Waals surface area contributed by atoms with Crippen LogP contribution in [0.5, 0.6) is 5.75 Å². The Kier molecular flexibility index (Phi) is 3.25. The van der Waals surface area contributed by atoms with Crippen LogP contribution >= 0.6 is 11.6 Å². The Hall–Kier alpha value is -2.21. The smallest absolute Gasteiger partial charge is 0.265 e. The van der Waals surface area contributed by atoms with Gasteiger partial charge in [0.2, 0.25) is 0 Å². The second-order valence-electron chi connectivity index (χ2n) is 4.97. The van der Waals surface area contributed by atoms with Crippen molar-refractivity contribution in [2.24, 2.45) is 7.05 Å². The molecule has 1 amide bonds. The van der Waals surface area contributed by atoms with Gasteiger partial charge in [-0.2, -0.15) is 5.10 Å². The molecule has 0 saturated heterocycles. The monoisotopic (exact) mass is 306 g/mol. The van der Waals surface area contributed by atoms with Crippen molar-refractivity contribution in [2.75, 3.05) is 17.2 Å². The second kappa shape index (κ2) is 4.96. The minimum absolute atomic E-state index is 0.00657. The zero-order valence-electron chi connectivity index (χ0n) is 11.8. The number of hydrogen-bond donors (Lipinski definition) is 1. The summed E-state index contributed by atoms with van der Waals surface area (Å²) in [7, 11) is 1.77. The van der Waals surface area contributed by atoms with E-state index in [2.05, 4.69) is 5.10 Å². The van der Waals surface area contributed by atoms with E-state index in [-0.39, 0.29) is 12.5 Å². The molecule has 6 nitrogen and oxygen atoms in total. The van der Waals surface area contributed by atoms with Gasteiger partial charge in [0.25, 0.3) is 5.91 Å². The van der Waals surface area contributed by atoms with Crippen molar-refractivity contribution in [3.8, 4) is 5.75 Å². The van der Waals surface area contributed by atoms with E-state index in [0.29, 0.717) is 28.8 Å². The Morgan fingerprint density at radius 2 is 2.24 bits per heavy atom. The molecule has 0 atom stereocenters. The highest BCUT2D eigenvalue weighted by Crippen LogP contribution is 2.35. The van der Waals surface area contributed by atoms with Gasteiger partial charge in [-0.1, -0.05) is 11.6 Å². The fourth-order valence-electron chi connectivity index (χ4n) is 2.41. The first kappa shape index (κ1) is 13.8. The molecule has 0 aliphatic carbocycles. The molecule has 0 bridgehead atoms. The second-order valence-corrected chi connectivity index (χ2v) is 5.33. The zero-order valence-corrected chi connectivity index (χ0v) is 12.5. The van der Waals surface area contributed by atoms with Gasteiger partial charge < -0.3 is 15.4 Å². The molecule has 1 aliphatic heterocycles. The van der Waals surface area contributed by atoms with E-state index >= 15 is 0 Å². The Bertz CT molecular complexity index is 726. The SMILES string of the molecule is Cc1nn(C)c(Cl)c1CN1C(=O)COc2cc(N)ccc21. The van der Waals surface area contributed by atoms with Gasteiger partial charge in [-0.05, 0) is 19.1 Å². The number of halogens is 1. The highest BCUT2D eigenvalue weighted by Gasteiger charge is 2.27. The van der Waals surface area contributed by atoms with Crippen LogP contribution in [0.4, 0.5) is 11.4 Å². The summed E-state index contributed by atoms with van der Waals surface area (Å²) in [5, 5.41) is 4.80. The summed E-state index contributed by atoms with van der Waals surface area (Å²) in [6, 6.07) is 5.24. The molecule has 0 spiro atoms. The molecule has 1 aromatic heterocycles. The molecule has 0 unspecified atom stereocenters. The van der Waals surface area contributed by atoms with Crippen LogP contribution in [0.3, 0.4) is 0 Å². The van der Waals surface area contributed by atoms with Crippen LogP contribution in [0.2, 0.25) is 5.15 Å². The van der Waals surface area contributed by atoms with Crippen molar-refractivity contribution in [1.29, 1.82) is 0 Å². The molecular weight excluding hydrogens is 292 g/mol. The van der Waals surface area contributed by atoms with Crippen molar-refractivity contribution >= 4 is 28.9 Å². The van der Waals surface area contributed by atoms with Crippen molar-refractivity contribution in [3.63, 3.8) is 0 Å². The molecule has 0 radical (unpaired) electrons. The van der Waals surface area contributed by atoms with Crippen LogP contribution in [-0.2, 0) is 18.4 Å². The summed E-state index contributed by atoms with van der Waals surface area (Å²) in [5.74, 6) is 0.485. The Labute approximate surface area is 127 Å². The lowest BCUT2D eigenvalue weighted by molar-refractivity contribution is -0.121. The molecule has 0 fully saturated rings. The number of fused-ring (bicyclic) bond motifs is 1. The molecule has 2 aromatic rings. The molecule has 7 heteroatoms. The Morgan fingerprint density at radius 3 is 2.90 bits per heavy atom. The lowest BCUT2D eigenvalue weighted by atomic mass is 10.1. The first-order valence-corrected chi connectivity index (χ1v) is 6.86. The summed E-state index contributed by atoms with van der Waals surface area (Å²) in [6.07, 6.45) is 0. The minimum Gasteiger partial charge on any atom is -0.481 e. The number of benzene rings is 1. The number of carbonyl (C=O) groups is 1. The van der Waals surface area contributed by atoms with Gasteiger partial charge in [0, 0.05) is 24.4 Å². The number of anilines is 2. The summed E-state index contributed by atoms with van der Waals surface area (Å²) in [6.45, 7) is 2.22. The maximum atomic E-state index is 12.2. The predicted molar refractivity (Wildman–Crippen MR) is 80.5 cm³/mol. The number of aromatic nitrogens is 2. The molecule has 1 aliphatic rings. The first-order chi connectivity index (χ1) is 9.97. The number of carbonyl (C=O) groups excluding carboxylic acids is 1. The van der Waals surface area contributed by atoms with Gasteiger partial charge in [-0.25, -0.2) is 0 Å². The fraction of sp³-hybridized carbons (Fsp3) is 0.286. The van der Waals surface area contributed by atoms with Crippen LogP contribution in [0.15, 0.2) is 18.2 Å². The fourth-order valence-corrected chi connectivity index (χ4v) is 2.64. The van der Waals surface area contributed by atoms with E-state index in [4.69, 9.17) is 22.1 Å². The standard InChI is InChI=1S/C14H15ClN4O2/c1-8-10(14(15)18(2)17-8)6-19-11-4-3-9(16)5-12(11)21-7-13(19)20/h3-5H,6-7,16H2,1-2H3. The number of ether oxygens (including phenoxy) is 1. The molecule has 3 rings (SSSR count). The van der Waals surface area contributed by atoms with Crippen LogP contribution in [0.1, 0.15) is 11.3 Å². The van der Waals surface area contributed by atoms with E-state index in [0.717, 1.165) is 11.3 Å². The summed E-state index contributed by atoms with van der Waals surface area (Å²) >= 11 is 6.24. The predicted octanol–water partition coefficient (Wildman–Crippen LogP) is 1.89. The van der Waals surface area contributed by atoms with Gasteiger partial charge >= 0.3 is 0 Å². The highest BCUT2D eigenvalue weighted by atomic mass is 35.5. The van der Waals surface area contributed by atoms with E-state index in [1.54, 1.807) is 34.8 Å². The molecule has 21 heavy (non-hydrogen) atoms. The molecule has 110 valence electrons. The topological polar surface area (TPSA) is 73.4 Å². The summed E-state index contributed by atoms with van der Waals surface area (Å²) in [4.78, 5) is 13.8. The Balaban J connectivity index is 2.01. The minimum atomic E-state index is -0.119. The van der Waals surface area contributed by atoms with Crippen LogP contribution in [-0.4, -0.2) is 22.3 Å². The number of amides is 1. The lowest BCUT2D eigenvalue weighted by Crippen LogP contribution is -2.38. The van der Waals surface area contributed by atoms with E-state index in [9.17, 15) is 4.79 Å². The van der Waals surface area contributed by atoms with Gasteiger partial charge in [-0.3, -0.25) is 9.48 Å². The molecule has 2 heterocycles. The van der Waals surface area contributed by atoms with E-state index in [1.165, 1.54) is 0 Å². The number of nitrogen functional groups attached to an aromatic ring is 1. The van der Waals surface area contributed by atoms with Gasteiger partial charge in [-0.15, -0.1) is 0 Å². The maximum Gasteiger partial charge on any atom is 0.265 e. The third-order valence-corrected chi connectivity index (χ3v) is 3.99. The summed E-state index contributed by atoms with van der Waals surface area (Å²) < 4.78 is 7.02. The zero-order chi connectivity index (χ0) is 15.1. The molecule has 2 N–H and O–H groups in total. The summed E-state index contributed by atoms with van der Waals surface area (Å²) in [5.41, 5.74) is 8.67. The molecule has 1 aromatic carbocycles. The maximum absolute atomic E-state index is 12.2. The van der Waals surface area contributed by atoms with Gasteiger partial charge in [0.15, 0.2) is 6.61 Å². The van der Waals surface area contributed by atoms with Gasteiger partial charge in [0.1, 0.15) is 10.9 Å². The molecular formula is C14H15ClN4O2. The number of nitrogens with zero attached hydrogens (tertiary/aromatic N) is 3. The number of aryl methyl sites for hydroxylation is 2. The van der Waals surface area contributed by atoms with Crippen molar-refractivity contribution in [1.82, 2.24) is 9.78 Å². The number of rotatable bonds is 2. The Morgan fingerprint density at radius 1 is 1.48 bits per heavy atom. The number of hydrogen-bond acceptors (Lipinski definition) is 4. The third kappa shape index (κ3) is 2.31. The van der Waals surface area contributed by atoms with E-state index < -0.39 is 0 Å². The van der Waals surface area contributed by atoms with Crippen molar-refractivity contribution in [2.45, 2.75) is 13.5 Å². The average molecular weight is 307 g/mol. The highest BCUT2D eigenvalue weighted by molar-refractivity contribution is 6.30. The normalized spacial score (nSPS) is 14.0. The lowest BCUT2D eigenvalue weighted by Gasteiger charge is -2.29. The van der Waals surface area contributed by atoms with Crippen molar-refractivity contribution in [3.05, 3.63) is 34.6 Å². The third-order valence-electron chi connectivity index (χ3n) is 3.51. The van der Waals surface area contributed by atoms with Crippen LogP contribution in [0, 0.1) is 6.92 Å². The molecule has 0 saturated carbocycles.